The van der Waals surface area contributed by atoms with Crippen LogP contribution >= 0.6 is 0 Å². The fourth-order valence-electron chi connectivity index (χ4n) is 2.98. The van der Waals surface area contributed by atoms with Crippen LogP contribution in [0.3, 0.4) is 0 Å². The van der Waals surface area contributed by atoms with E-state index in [-0.39, 0.29) is 5.91 Å². The number of rotatable bonds is 5. The van der Waals surface area contributed by atoms with Crippen molar-refractivity contribution in [1.29, 1.82) is 0 Å². The number of carbonyl (C=O) groups excluding carboxylic acids is 1. The first-order valence-electron chi connectivity index (χ1n) is 8.52. The molecule has 4 heteroatoms. The highest BCUT2D eigenvalue weighted by atomic mass is 16.5. The average Bonchev–Trinajstić information content (AvgIpc) is 2.67. The molecule has 2 N–H and O–H groups in total. The summed E-state index contributed by atoms with van der Waals surface area (Å²) >= 11 is 0. The van der Waals surface area contributed by atoms with Crippen molar-refractivity contribution in [3.8, 4) is 5.75 Å². The third-order valence-electron chi connectivity index (χ3n) is 4.58. The summed E-state index contributed by atoms with van der Waals surface area (Å²) in [6, 6.07) is 17.4. The van der Waals surface area contributed by atoms with Gasteiger partial charge in [0.1, 0.15) is 12.4 Å². The molecule has 0 aliphatic carbocycles. The zero-order valence-electron chi connectivity index (χ0n) is 13.9. The molecule has 126 valence electrons. The number of piperidine rings is 1. The second kappa shape index (κ2) is 7.97. The van der Waals surface area contributed by atoms with E-state index in [1.54, 1.807) is 0 Å². The van der Waals surface area contributed by atoms with Gasteiger partial charge in [-0.3, -0.25) is 4.79 Å². The van der Waals surface area contributed by atoms with Crippen molar-refractivity contribution >= 4 is 5.91 Å². The molecule has 0 spiro atoms. The molecule has 1 fully saturated rings. The fourth-order valence-corrected chi connectivity index (χ4v) is 2.98. The lowest BCUT2D eigenvalue weighted by Crippen LogP contribution is -2.40. The Morgan fingerprint density at radius 1 is 1.04 bits per heavy atom. The number of nitrogens with zero attached hydrogens (tertiary/aromatic N) is 1. The van der Waals surface area contributed by atoms with Gasteiger partial charge >= 0.3 is 0 Å². The monoisotopic (exact) mass is 324 g/mol. The van der Waals surface area contributed by atoms with Crippen molar-refractivity contribution in [3.05, 3.63) is 65.7 Å². The van der Waals surface area contributed by atoms with Crippen molar-refractivity contribution in [1.82, 2.24) is 4.90 Å². The van der Waals surface area contributed by atoms with Gasteiger partial charge in [-0.05, 0) is 55.1 Å². The fraction of sp³-hybridized carbons (Fsp3) is 0.350. The lowest BCUT2D eigenvalue weighted by atomic mass is 9.96. The van der Waals surface area contributed by atoms with Crippen molar-refractivity contribution in [2.24, 2.45) is 11.7 Å². The molecule has 1 heterocycles. The highest BCUT2D eigenvalue weighted by molar-refractivity contribution is 5.94. The summed E-state index contributed by atoms with van der Waals surface area (Å²) < 4.78 is 5.73. The van der Waals surface area contributed by atoms with Gasteiger partial charge in [-0.15, -0.1) is 0 Å². The van der Waals surface area contributed by atoms with Gasteiger partial charge in [-0.25, -0.2) is 0 Å². The van der Waals surface area contributed by atoms with Crippen LogP contribution in [-0.4, -0.2) is 30.4 Å². The minimum Gasteiger partial charge on any atom is -0.489 e. The van der Waals surface area contributed by atoms with Gasteiger partial charge in [-0.2, -0.15) is 0 Å². The van der Waals surface area contributed by atoms with E-state index in [0.717, 1.165) is 49.4 Å². The maximum atomic E-state index is 12.5. The Bertz CT molecular complexity index is 647. The van der Waals surface area contributed by atoms with Gasteiger partial charge in [0.25, 0.3) is 5.91 Å². The molecule has 2 aromatic rings. The smallest absolute Gasteiger partial charge is 0.253 e. The van der Waals surface area contributed by atoms with Crippen LogP contribution in [0.1, 0.15) is 28.8 Å². The maximum Gasteiger partial charge on any atom is 0.253 e. The van der Waals surface area contributed by atoms with Crippen molar-refractivity contribution < 1.29 is 9.53 Å². The van der Waals surface area contributed by atoms with Crippen molar-refractivity contribution in [3.63, 3.8) is 0 Å². The van der Waals surface area contributed by atoms with Gasteiger partial charge in [0, 0.05) is 18.7 Å². The van der Waals surface area contributed by atoms with Crippen molar-refractivity contribution in [2.45, 2.75) is 19.4 Å². The summed E-state index contributed by atoms with van der Waals surface area (Å²) in [4.78, 5) is 14.5. The predicted octanol–water partition coefficient (Wildman–Crippen LogP) is 3.08. The van der Waals surface area contributed by atoms with Crippen LogP contribution in [0.15, 0.2) is 54.6 Å². The Kier molecular flexibility index (Phi) is 5.49. The standard InChI is InChI=1S/C20H24N2O2/c21-14-16-10-12-22(13-11-16)20(23)18-8-6-17(7-9-18)15-24-19-4-2-1-3-5-19/h1-9,16H,10-15,21H2. The Balaban J connectivity index is 1.55. The lowest BCUT2D eigenvalue weighted by Gasteiger charge is -2.31. The average molecular weight is 324 g/mol. The van der Waals surface area contributed by atoms with E-state index < -0.39 is 0 Å². The van der Waals surface area contributed by atoms with E-state index >= 15 is 0 Å². The molecule has 4 nitrogen and oxygen atoms in total. The van der Waals surface area contributed by atoms with Crippen LogP contribution in [0.5, 0.6) is 5.75 Å². The normalized spacial score (nSPS) is 15.3. The zero-order valence-corrected chi connectivity index (χ0v) is 13.9. The molecule has 1 aliphatic rings. The molecule has 0 atom stereocenters. The van der Waals surface area contributed by atoms with Gasteiger partial charge in [0.2, 0.25) is 0 Å². The summed E-state index contributed by atoms with van der Waals surface area (Å²) in [5, 5.41) is 0. The number of benzene rings is 2. The Morgan fingerprint density at radius 3 is 2.33 bits per heavy atom. The minimum absolute atomic E-state index is 0.112. The third-order valence-corrected chi connectivity index (χ3v) is 4.58. The first-order valence-corrected chi connectivity index (χ1v) is 8.52. The number of hydrogen-bond donors (Lipinski definition) is 1. The molecule has 0 saturated carbocycles. The number of amides is 1. The molecule has 1 aliphatic heterocycles. The molecule has 2 aromatic carbocycles. The van der Waals surface area contributed by atoms with Gasteiger partial charge in [0.05, 0.1) is 0 Å². The number of para-hydroxylation sites is 1. The van der Waals surface area contributed by atoms with Crippen LogP contribution in [0.2, 0.25) is 0 Å². The second-order valence-electron chi connectivity index (χ2n) is 6.27. The van der Waals surface area contributed by atoms with E-state index in [2.05, 4.69) is 0 Å². The third kappa shape index (κ3) is 4.15. The minimum atomic E-state index is 0.112. The zero-order chi connectivity index (χ0) is 16.8. The summed E-state index contributed by atoms with van der Waals surface area (Å²) in [7, 11) is 0. The molecular weight excluding hydrogens is 300 g/mol. The van der Waals surface area contributed by atoms with Crippen LogP contribution in [-0.2, 0) is 6.61 Å². The molecule has 3 rings (SSSR count). The predicted molar refractivity (Wildman–Crippen MR) is 94.9 cm³/mol. The van der Waals surface area contributed by atoms with Crippen LogP contribution in [0.4, 0.5) is 0 Å². The molecule has 24 heavy (non-hydrogen) atoms. The lowest BCUT2D eigenvalue weighted by molar-refractivity contribution is 0.0693. The second-order valence-corrected chi connectivity index (χ2v) is 6.27. The maximum absolute atomic E-state index is 12.5. The quantitative estimate of drug-likeness (QED) is 0.919. The van der Waals surface area contributed by atoms with E-state index in [0.29, 0.717) is 12.5 Å². The number of likely N-dealkylation sites (tertiary alicyclic amines) is 1. The van der Waals surface area contributed by atoms with Gasteiger partial charge in [-0.1, -0.05) is 30.3 Å². The number of ether oxygens (including phenoxy) is 1. The van der Waals surface area contributed by atoms with Gasteiger partial charge < -0.3 is 15.4 Å². The first kappa shape index (κ1) is 16.5. The molecule has 0 aromatic heterocycles. The summed E-state index contributed by atoms with van der Waals surface area (Å²) in [5.74, 6) is 1.52. The largest absolute Gasteiger partial charge is 0.489 e. The summed E-state index contributed by atoms with van der Waals surface area (Å²) in [5.41, 5.74) is 7.50. The molecular formula is C20H24N2O2. The van der Waals surface area contributed by atoms with Crippen molar-refractivity contribution in [2.75, 3.05) is 19.6 Å². The molecule has 1 amide bonds. The Hall–Kier alpha value is -2.33. The molecule has 0 radical (unpaired) electrons. The van der Waals surface area contributed by atoms with Crippen LogP contribution < -0.4 is 10.5 Å². The number of hydrogen-bond acceptors (Lipinski definition) is 3. The summed E-state index contributed by atoms with van der Waals surface area (Å²) in [6.45, 7) is 2.83. The highest BCUT2D eigenvalue weighted by Gasteiger charge is 2.22. The van der Waals surface area contributed by atoms with Crippen LogP contribution in [0, 0.1) is 5.92 Å². The topological polar surface area (TPSA) is 55.6 Å². The van der Waals surface area contributed by atoms with E-state index in [4.69, 9.17) is 10.5 Å². The SMILES string of the molecule is NCC1CCN(C(=O)c2ccc(COc3ccccc3)cc2)CC1. The van der Waals surface area contributed by atoms with Gasteiger partial charge in [0.15, 0.2) is 0 Å². The molecule has 0 unspecified atom stereocenters. The molecule has 0 bridgehead atoms. The number of carbonyl (C=O) groups is 1. The first-order chi connectivity index (χ1) is 11.8. The highest BCUT2D eigenvalue weighted by Crippen LogP contribution is 2.18. The Labute approximate surface area is 143 Å². The molecule has 1 saturated heterocycles. The van der Waals surface area contributed by atoms with E-state index in [1.165, 1.54) is 0 Å². The van der Waals surface area contributed by atoms with E-state index in [1.807, 2.05) is 59.5 Å². The number of nitrogens with two attached hydrogens (primary N) is 1. The van der Waals surface area contributed by atoms with E-state index in [9.17, 15) is 4.79 Å². The Morgan fingerprint density at radius 2 is 1.71 bits per heavy atom. The summed E-state index contributed by atoms with van der Waals surface area (Å²) in [6.07, 6.45) is 2.01. The van der Waals surface area contributed by atoms with Crippen LogP contribution in [0.25, 0.3) is 0 Å².